The monoisotopic (exact) mass is 426 g/mol. The van der Waals surface area contributed by atoms with Gasteiger partial charge in [0.05, 0.1) is 16.8 Å². The third kappa shape index (κ3) is 4.31. The van der Waals surface area contributed by atoms with E-state index in [2.05, 4.69) is 4.90 Å². The number of nitrogens with zero attached hydrogens (tertiary/aromatic N) is 2. The van der Waals surface area contributed by atoms with Crippen molar-refractivity contribution in [2.45, 2.75) is 18.2 Å². The van der Waals surface area contributed by atoms with Gasteiger partial charge in [0.1, 0.15) is 0 Å². The predicted octanol–water partition coefficient (Wildman–Crippen LogP) is 1.63. The number of hydrogen-bond acceptors (Lipinski definition) is 5. The number of sulfone groups is 1. The molecule has 0 bridgehead atoms. The minimum absolute atomic E-state index is 0.0398. The Balaban J connectivity index is 1.62. The standard InChI is InChI=1S/C15H20Cl2N2O4S2/c16-14-2-1-3-15(17)13(14)10-18-5-7-19(8-6-18)25(22,23)12-4-9-24(20,21)11-12/h1-3,12H,4-11H2. The Bertz CT molecular complexity index is 830. The quantitative estimate of drug-likeness (QED) is 0.730. The molecule has 10 heteroatoms. The minimum atomic E-state index is -3.57. The highest BCUT2D eigenvalue weighted by atomic mass is 35.5. The molecule has 1 atom stereocenters. The summed E-state index contributed by atoms with van der Waals surface area (Å²) in [4.78, 5) is 2.10. The van der Waals surface area contributed by atoms with Crippen LogP contribution in [0.3, 0.4) is 0 Å². The molecule has 2 saturated heterocycles. The van der Waals surface area contributed by atoms with Crippen molar-refractivity contribution in [1.29, 1.82) is 0 Å². The van der Waals surface area contributed by atoms with Crippen LogP contribution in [0, 0.1) is 0 Å². The van der Waals surface area contributed by atoms with E-state index in [1.165, 1.54) is 4.31 Å². The molecule has 140 valence electrons. The lowest BCUT2D eigenvalue weighted by atomic mass is 10.2. The zero-order valence-corrected chi connectivity index (χ0v) is 16.7. The molecule has 0 N–H and O–H groups in total. The fraction of sp³-hybridized carbons (Fsp3) is 0.600. The second kappa shape index (κ2) is 7.32. The second-order valence-corrected chi connectivity index (χ2v) is 11.7. The summed E-state index contributed by atoms with van der Waals surface area (Å²) in [7, 11) is -6.79. The van der Waals surface area contributed by atoms with Crippen molar-refractivity contribution in [3.05, 3.63) is 33.8 Å². The van der Waals surface area contributed by atoms with Crippen LogP contribution in [0.2, 0.25) is 10.0 Å². The molecule has 0 radical (unpaired) electrons. The fourth-order valence-electron chi connectivity index (χ4n) is 3.26. The SMILES string of the molecule is O=S1(=O)CCC(S(=O)(=O)N2CCN(Cc3c(Cl)cccc3Cl)CC2)C1. The zero-order chi connectivity index (χ0) is 18.2. The van der Waals surface area contributed by atoms with Gasteiger partial charge >= 0.3 is 0 Å². The molecule has 0 saturated carbocycles. The van der Waals surface area contributed by atoms with Gasteiger partial charge in [-0.2, -0.15) is 4.31 Å². The maximum absolute atomic E-state index is 12.6. The Morgan fingerprint density at radius 3 is 2.20 bits per heavy atom. The van der Waals surface area contributed by atoms with E-state index in [1.54, 1.807) is 18.2 Å². The molecule has 3 rings (SSSR count). The highest BCUT2D eigenvalue weighted by Gasteiger charge is 2.41. The summed E-state index contributed by atoms with van der Waals surface area (Å²) in [5, 5.41) is 0.388. The number of sulfonamides is 1. The molecule has 1 unspecified atom stereocenters. The van der Waals surface area contributed by atoms with Crippen molar-refractivity contribution < 1.29 is 16.8 Å². The van der Waals surface area contributed by atoms with Crippen molar-refractivity contribution in [3.63, 3.8) is 0 Å². The molecular formula is C15H20Cl2N2O4S2. The van der Waals surface area contributed by atoms with Gasteiger partial charge in [0.25, 0.3) is 0 Å². The van der Waals surface area contributed by atoms with E-state index in [1.807, 2.05) is 0 Å². The number of piperazine rings is 1. The van der Waals surface area contributed by atoms with Crippen LogP contribution in [-0.2, 0) is 26.4 Å². The van der Waals surface area contributed by atoms with Crippen LogP contribution in [0.25, 0.3) is 0 Å². The summed E-state index contributed by atoms with van der Waals surface area (Å²) in [6, 6.07) is 5.35. The Morgan fingerprint density at radius 1 is 1.08 bits per heavy atom. The van der Waals surface area contributed by atoms with E-state index >= 15 is 0 Å². The van der Waals surface area contributed by atoms with Crippen LogP contribution in [-0.4, -0.2) is 69.0 Å². The van der Waals surface area contributed by atoms with E-state index in [-0.39, 0.29) is 17.9 Å². The lowest BCUT2D eigenvalue weighted by molar-refractivity contribution is 0.181. The summed E-state index contributed by atoms with van der Waals surface area (Å²) < 4.78 is 49.9. The molecule has 1 aromatic carbocycles. The molecule has 0 amide bonds. The number of benzene rings is 1. The molecule has 2 aliphatic rings. The first-order chi connectivity index (χ1) is 11.7. The Labute approximate surface area is 158 Å². The first kappa shape index (κ1) is 19.4. The average molecular weight is 427 g/mol. The topological polar surface area (TPSA) is 74.8 Å². The second-order valence-electron chi connectivity index (χ2n) is 6.45. The lowest BCUT2D eigenvalue weighted by Gasteiger charge is -2.35. The largest absolute Gasteiger partial charge is 0.296 e. The van der Waals surface area contributed by atoms with E-state index < -0.39 is 25.1 Å². The van der Waals surface area contributed by atoms with Gasteiger partial charge in [0.2, 0.25) is 10.0 Å². The average Bonchev–Trinajstić information content (AvgIpc) is 2.92. The molecule has 2 fully saturated rings. The van der Waals surface area contributed by atoms with Crippen molar-refractivity contribution in [3.8, 4) is 0 Å². The highest BCUT2D eigenvalue weighted by Crippen LogP contribution is 2.27. The van der Waals surface area contributed by atoms with Crippen LogP contribution < -0.4 is 0 Å². The van der Waals surface area contributed by atoms with Gasteiger partial charge in [-0.05, 0) is 18.6 Å². The molecule has 6 nitrogen and oxygen atoms in total. The normalized spacial score (nSPS) is 25.3. The Kier molecular flexibility index (Phi) is 5.68. The molecular weight excluding hydrogens is 407 g/mol. The maximum atomic E-state index is 12.6. The smallest absolute Gasteiger partial charge is 0.218 e. The highest BCUT2D eigenvalue weighted by molar-refractivity contribution is 7.95. The van der Waals surface area contributed by atoms with Gasteiger partial charge < -0.3 is 0 Å². The molecule has 2 aliphatic heterocycles. The van der Waals surface area contributed by atoms with Crippen LogP contribution in [0.1, 0.15) is 12.0 Å². The van der Waals surface area contributed by atoms with Crippen molar-refractivity contribution in [2.75, 3.05) is 37.7 Å². The third-order valence-corrected chi connectivity index (χ3v) is 9.76. The molecule has 25 heavy (non-hydrogen) atoms. The number of hydrogen-bond donors (Lipinski definition) is 0. The summed E-state index contributed by atoms with van der Waals surface area (Å²) in [5.74, 6) is -0.299. The first-order valence-electron chi connectivity index (χ1n) is 8.04. The Hall–Kier alpha value is -0.380. The van der Waals surface area contributed by atoms with Gasteiger partial charge in [-0.1, -0.05) is 29.3 Å². The molecule has 0 aliphatic carbocycles. The molecule has 0 aromatic heterocycles. The van der Waals surface area contributed by atoms with E-state index in [0.717, 1.165) is 5.56 Å². The van der Waals surface area contributed by atoms with Crippen LogP contribution in [0.4, 0.5) is 0 Å². The predicted molar refractivity (Wildman–Crippen MR) is 99.3 cm³/mol. The lowest BCUT2D eigenvalue weighted by Crippen LogP contribution is -2.51. The van der Waals surface area contributed by atoms with Crippen LogP contribution in [0.15, 0.2) is 18.2 Å². The van der Waals surface area contributed by atoms with E-state index in [4.69, 9.17) is 23.2 Å². The van der Waals surface area contributed by atoms with Gasteiger partial charge in [-0.15, -0.1) is 0 Å². The van der Waals surface area contributed by atoms with E-state index in [9.17, 15) is 16.8 Å². The number of rotatable bonds is 4. The zero-order valence-electron chi connectivity index (χ0n) is 13.6. The van der Waals surface area contributed by atoms with Crippen molar-refractivity contribution >= 4 is 43.1 Å². The molecule has 2 heterocycles. The maximum Gasteiger partial charge on any atom is 0.218 e. The van der Waals surface area contributed by atoms with Gasteiger partial charge in [-0.25, -0.2) is 16.8 Å². The van der Waals surface area contributed by atoms with Gasteiger partial charge in [0.15, 0.2) is 9.84 Å². The van der Waals surface area contributed by atoms with Crippen LogP contribution >= 0.6 is 23.2 Å². The fourth-order valence-corrected chi connectivity index (χ4v) is 8.28. The summed E-state index contributed by atoms with van der Waals surface area (Å²) in [6.07, 6.45) is 0.195. The van der Waals surface area contributed by atoms with Crippen LogP contribution in [0.5, 0.6) is 0 Å². The minimum Gasteiger partial charge on any atom is -0.296 e. The third-order valence-electron chi connectivity index (χ3n) is 4.75. The van der Waals surface area contributed by atoms with Crippen molar-refractivity contribution in [1.82, 2.24) is 9.21 Å². The van der Waals surface area contributed by atoms with E-state index in [0.29, 0.717) is 42.8 Å². The molecule has 1 aromatic rings. The van der Waals surface area contributed by atoms with Crippen molar-refractivity contribution in [2.24, 2.45) is 0 Å². The van der Waals surface area contributed by atoms with Gasteiger partial charge in [-0.3, -0.25) is 4.90 Å². The summed E-state index contributed by atoms with van der Waals surface area (Å²) in [5.41, 5.74) is 0.837. The Morgan fingerprint density at radius 2 is 1.68 bits per heavy atom. The van der Waals surface area contributed by atoms with Gasteiger partial charge in [0, 0.05) is 48.3 Å². The summed E-state index contributed by atoms with van der Waals surface area (Å²) in [6.45, 7) is 2.37. The molecule has 0 spiro atoms. The summed E-state index contributed by atoms with van der Waals surface area (Å²) >= 11 is 12.4. The number of halogens is 2. The first-order valence-corrected chi connectivity index (χ1v) is 12.1.